The summed E-state index contributed by atoms with van der Waals surface area (Å²) in [7, 11) is 6.08. The van der Waals surface area contributed by atoms with Crippen LogP contribution in [0.3, 0.4) is 0 Å². The molecule has 123 heavy (non-hydrogen) atoms. The molecule has 2 aromatic carbocycles. The second-order valence-corrected chi connectivity index (χ2v) is 35.7. The summed E-state index contributed by atoms with van der Waals surface area (Å²) in [5.41, 5.74) is -0.464. The van der Waals surface area contributed by atoms with Gasteiger partial charge in [-0.05, 0) is 178 Å². The first-order chi connectivity index (χ1) is 57.4. The number of alkyl carbamates (subject to hydrolysis) is 2. The number of nitrogens with one attached hydrogen (secondary N) is 7. The van der Waals surface area contributed by atoms with Gasteiger partial charge in [-0.2, -0.15) is 0 Å². The number of carbonyl (C=O) groups excluding carboxylic acids is 13. The van der Waals surface area contributed by atoms with Gasteiger partial charge in [-0.1, -0.05) is 120 Å². The summed E-state index contributed by atoms with van der Waals surface area (Å²) in [6.07, 6.45) is -8.58. The quantitative estimate of drug-likeness (QED) is 0.0280. The number of rotatable bonds is 32. The van der Waals surface area contributed by atoms with E-state index in [0.29, 0.717) is 49.2 Å². The van der Waals surface area contributed by atoms with Crippen molar-refractivity contribution in [1.29, 1.82) is 0 Å². The van der Waals surface area contributed by atoms with Crippen molar-refractivity contribution in [3.05, 3.63) is 59.7 Å². The Bertz CT molecular complexity index is 3850. The van der Waals surface area contributed by atoms with E-state index in [9.17, 15) is 82.4 Å². The zero-order valence-corrected chi connectivity index (χ0v) is 76.4. The van der Waals surface area contributed by atoms with Gasteiger partial charge in [0.15, 0.2) is 12.2 Å². The molecule has 5 rings (SSSR count). The molecule has 10 N–H and O–H groups in total. The zero-order valence-electron chi connectivity index (χ0n) is 76.4. The molecule has 18 atom stereocenters. The number of likely N-dealkylation sites (N-methyl/N-ethyl adjacent to an activating group) is 2. The van der Waals surface area contributed by atoms with Crippen molar-refractivity contribution >= 4 is 83.4 Å². The highest BCUT2D eigenvalue weighted by Gasteiger charge is 2.47. The van der Waals surface area contributed by atoms with Gasteiger partial charge >= 0.3 is 42.0 Å². The highest BCUT2D eigenvalue weighted by atomic mass is 16.6. The smallest absolute Gasteiger partial charge is 0.408 e. The molecule has 0 spiro atoms. The van der Waals surface area contributed by atoms with Crippen LogP contribution in [0.5, 0.6) is 11.5 Å². The first-order valence-corrected chi connectivity index (χ1v) is 42.8. The largest absolute Gasteiger partial charge is 0.497 e. The van der Waals surface area contributed by atoms with E-state index < -0.39 is 228 Å². The lowest BCUT2D eigenvalue weighted by atomic mass is 9.92. The summed E-state index contributed by atoms with van der Waals surface area (Å²) in [5.74, 6) is -10.3. The summed E-state index contributed by atoms with van der Waals surface area (Å²) in [5, 5.41) is 51.5. The number of ether oxygens (including phenoxy) is 8. The maximum absolute atomic E-state index is 14.5. The Morgan fingerprint density at radius 2 is 1.25 bits per heavy atom. The number of methoxy groups -OCH3 is 2. The number of esters is 4. The number of nitrogens with zero attached hydrogens (tertiary/aromatic N) is 3. The molecule has 0 bridgehead atoms. The van der Waals surface area contributed by atoms with Gasteiger partial charge in [0.05, 0.1) is 51.4 Å². The number of amides is 9. The molecule has 2 aromatic rings. The van der Waals surface area contributed by atoms with Gasteiger partial charge < -0.3 is 105 Å². The van der Waals surface area contributed by atoms with E-state index >= 15 is 0 Å². The number of benzene rings is 2. The normalized spacial score (nSPS) is 22.6. The van der Waals surface area contributed by atoms with E-state index in [-0.39, 0.29) is 57.0 Å². The number of fused-ring (bicyclic) bond motifs is 1. The third kappa shape index (κ3) is 33.3. The number of aliphatic hydroxyl groups excluding tert-OH is 2. The van der Waals surface area contributed by atoms with Crippen molar-refractivity contribution in [2.24, 2.45) is 35.5 Å². The molecule has 0 aromatic heterocycles. The number of carboxylic acid groups (broad SMARTS) is 1. The fourth-order valence-corrected chi connectivity index (χ4v) is 14.5. The first kappa shape index (κ1) is 105. The Balaban J connectivity index is 0.000000516. The minimum absolute atomic E-state index is 0.0340. The van der Waals surface area contributed by atoms with Crippen LogP contribution in [0, 0.1) is 35.5 Å². The molecular formula is C88H140N10O25. The number of hydrogen-bond donors (Lipinski definition) is 10. The lowest BCUT2D eigenvalue weighted by Crippen LogP contribution is -2.59. The van der Waals surface area contributed by atoms with Gasteiger partial charge in [0, 0.05) is 26.6 Å². The van der Waals surface area contributed by atoms with Crippen LogP contribution in [0.15, 0.2) is 48.5 Å². The third-order valence-corrected chi connectivity index (χ3v) is 21.6. The van der Waals surface area contributed by atoms with E-state index in [2.05, 4.69) is 37.2 Å². The van der Waals surface area contributed by atoms with E-state index in [0.717, 1.165) is 5.56 Å². The number of hydrogen-bond acceptors (Lipinski definition) is 25. The Hall–Kier alpha value is -9.90. The predicted molar refractivity (Wildman–Crippen MR) is 454 cm³/mol. The Morgan fingerprint density at radius 1 is 0.675 bits per heavy atom. The number of likely N-dealkylation sites (tertiary alicyclic amines) is 1. The second kappa shape index (κ2) is 49.0. The summed E-state index contributed by atoms with van der Waals surface area (Å²) >= 11 is 0. The lowest BCUT2D eigenvalue weighted by molar-refractivity contribution is -0.162. The van der Waals surface area contributed by atoms with Crippen molar-refractivity contribution in [3.8, 4) is 11.5 Å². The van der Waals surface area contributed by atoms with Crippen LogP contribution < -0.4 is 46.7 Å². The van der Waals surface area contributed by atoms with Crippen molar-refractivity contribution < 1.29 is 120 Å². The molecule has 35 heteroatoms. The standard InChI is InChI=1S/C44H71N5O13.C44H69N5O12/c1-13-26(6)35(33(50)23-34(51)61-37(25(4)5)39(53)46-30(21-24(2)3)40(54)49-20-14-15-32(49)41(55)56)47-38(52)36(48-43(58)62-44(8,9)10)27(7)60-42(57)31(45-11)22-28-16-18-29(59-12)19-17-28;1-13-26(6)35-33(50)23-34(51)60-37(25(4)5)39(53)45-30(21-24(2)3)40(54)49-20-14-15-31(49)41(55)48(11)32(22-28-16-18-29(58-12)19-17-28)42(56)59-27(7)36(38(52)46-35)47-43(57)61-44(8,9)10/h16-19,24-27,30-33,35-37,45,50H,13-15,20-23H2,1-12H3,(H,46,53)(H,47,52)(H,48,58)(H,55,56);16-19,24-27,30-33,35-37,50H,13-15,20-23H2,1-12H3,(H,45,53)(H,46,52)(H,47,57)/t2*26-,27+,30-,31-,32-,33-,35+,36-,37-/m00/s1. The van der Waals surface area contributed by atoms with Gasteiger partial charge in [0.2, 0.25) is 29.5 Å². The molecule has 3 fully saturated rings. The second-order valence-electron chi connectivity index (χ2n) is 35.7. The maximum Gasteiger partial charge on any atom is 0.408 e. The summed E-state index contributed by atoms with van der Waals surface area (Å²) in [6.45, 7) is 34.3. The molecule has 0 aliphatic carbocycles. The Morgan fingerprint density at radius 3 is 1.77 bits per heavy atom. The van der Waals surface area contributed by atoms with Crippen LogP contribution in [-0.4, -0.2) is 263 Å². The SMILES string of the molecule is CC[C@H](C)[C@@H](NC(=O)[C@@H](NC(=O)OC(C)(C)C)[C@@H](C)OC(=O)[C@H](Cc1ccc(OC)cc1)NC)[C@@H](O)CC(=O)O[C@H](C(=O)N[C@@H](CC(C)C)C(=O)N1CCC[C@H]1C(=O)O)C(C)C.CC[C@H](C)[C@H]1NC(=O)[C@@H](NC(=O)OC(C)(C)C)[C@@H](C)OC(=O)[C@H](Cc2ccc(OC)cc2)N(C)C(=O)[C@@H]2CCCN2C(=O)[C@H](CC(C)C)NC(=O)[C@H](C(C)C)OC(=O)C[C@@H]1O. The third-order valence-electron chi connectivity index (χ3n) is 21.6. The van der Waals surface area contributed by atoms with Crippen LogP contribution in [0.1, 0.15) is 214 Å². The van der Waals surface area contributed by atoms with Gasteiger partial charge in [0.1, 0.15) is 83.2 Å². The molecule has 692 valence electrons. The molecule has 3 aliphatic rings. The number of aliphatic hydroxyl groups is 2. The molecule has 35 nitrogen and oxygen atoms in total. The highest BCUT2D eigenvalue weighted by molar-refractivity contribution is 5.96. The Labute approximate surface area is 724 Å². The predicted octanol–water partition coefficient (Wildman–Crippen LogP) is 6.38. The van der Waals surface area contributed by atoms with Gasteiger partial charge in [-0.25, -0.2) is 19.2 Å². The van der Waals surface area contributed by atoms with Gasteiger partial charge in [0.25, 0.3) is 11.8 Å². The molecule has 3 aliphatic heterocycles. The minimum atomic E-state index is -1.59. The van der Waals surface area contributed by atoms with Crippen LogP contribution in [-0.2, 0) is 98.8 Å². The van der Waals surface area contributed by atoms with Crippen molar-refractivity contribution in [1.82, 2.24) is 51.9 Å². The fraction of sp³-hybridized carbons (Fsp3) is 0.705. The van der Waals surface area contributed by atoms with E-state index in [1.165, 1.54) is 42.7 Å². The molecule has 9 amide bonds. The number of carboxylic acids is 1. The van der Waals surface area contributed by atoms with Crippen molar-refractivity contribution in [2.75, 3.05) is 41.4 Å². The number of carbonyl (C=O) groups is 14. The number of cyclic esters (lactones) is 2. The summed E-state index contributed by atoms with van der Waals surface area (Å²) < 4.78 is 44.3. The minimum Gasteiger partial charge on any atom is -0.497 e. The monoisotopic (exact) mass is 1740 g/mol. The van der Waals surface area contributed by atoms with Crippen LogP contribution in [0.2, 0.25) is 0 Å². The van der Waals surface area contributed by atoms with Crippen LogP contribution in [0.4, 0.5) is 9.59 Å². The van der Waals surface area contributed by atoms with E-state index in [1.807, 2.05) is 41.5 Å². The van der Waals surface area contributed by atoms with E-state index in [4.69, 9.17) is 37.9 Å². The lowest BCUT2D eigenvalue weighted by Gasteiger charge is -2.35. The Kier molecular flexibility index (Phi) is 42.0. The molecule has 3 saturated heterocycles. The zero-order chi connectivity index (χ0) is 93.0. The molecule has 0 saturated carbocycles. The van der Waals surface area contributed by atoms with Crippen LogP contribution >= 0.6 is 0 Å². The van der Waals surface area contributed by atoms with E-state index in [1.54, 1.807) is 146 Å². The van der Waals surface area contributed by atoms with Gasteiger partial charge in [-0.3, -0.25) is 47.9 Å². The van der Waals surface area contributed by atoms with Crippen molar-refractivity contribution in [2.45, 2.75) is 324 Å². The molecule has 3 heterocycles. The van der Waals surface area contributed by atoms with Crippen molar-refractivity contribution in [3.63, 3.8) is 0 Å². The summed E-state index contributed by atoms with van der Waals surface area (Å²) in [6, 6.07) is 2.46. The average Bonchev–Trinajstić information content (AvgIpc) is 1.73. The maximum atomic E-state index is 14.5. The number of aliphatic carboxylic acids is 1. The van der Waals surface area contributed by atoms with Gasteiger partial charge in [-0.15, -0.1) is 0 Å². The molecular weight excluding hydrogens is 1600 g/mol. The van der Waals surface area contributed by atoms with Crippen LogP contribution in [0.25, 0.3) is 0 Å². The summed E-state index contributed by atoms with van der Waals surface area (Å²) in [4.78, 5) is 195. The molecule has 0 radical (unpaired) electrons. The topological polar surface area (TPSA) is 467 Å². The molecule has 0 unspecified atom stereocenters. The highest BCUT2D eigenvalue weighted by Crippen LogP contribution is 2.29. The average molecular weight is 1740 g/mol. The first-order valence-electron chi connectivity index (χ1n) is 42.8. The fourth-order valence-electron chi connectivity index (χ4n) is 14.5.